The number of hydrogen-bond acceptors (Lipinski definition) is 3. The van der Waals surface area contributed by atoms with Crippen LogP contribution in [0.4, 0.5) is 0 Å². The van der Waals surface area contributed by atoms with Gasteiger partial charge in [0, 0.05) is 37.0 Å². The number of nitrogens with zero attached hydrogens (tertiary/aromatic N) is 2. The number of halogens is 1. The molecule has 1 aromatic carbocycles. The average Bonchev–Trinajstić information content (AvgIpc) is 3.05. The molecule has 0 amide bonds. The lowest BCUT2D eigenvalue weighted by Crippen LogP contribution is -2.39. The van der Waals surface area contributed by atoms with Crippen molar-refractivity contribution >= 4 is 53.0 Å². The number of hydrogen-bond donors (Lipinski definition) is 1. The minimum Gasteiger partial charge on any atom is -0.356 e. The molecule has 0 spiro atoms. The van der Waals surface area contributed by atoms with Gasteiger partial charge >= 0.3 is 0 Å². The summed E-state index contributed by atoms with van der Waals surface area (Å²) in [4.78, 5) is 9.22. The minimum absolute atomic E-state index is 0. The van der Waals surface area contributed by atoms with Crippen LogP contribution in [0, 0.1) is 0 Å². The molecule has 0 saturated carbocycles. The molecule has 1 aromatic heterocycles. The van der Waals surface area contributed by atoms with Gasteiger partial charge in [-0.3, -0.25) is 4.99 Å². The Kier molecular flexibility index (Phi) is 9.66. The summed E-state index contributed by atoms with van der Waals surface area (Å²) in [5.41, 5.74) is 1.29. The normalized spacial score (nSPS) is 11.0. The van der Waals surface area contributed by atoms with Gasteiger partial charge in [0.2, 0.25) is 0 Å². The summed E-state index contributed by atoms with van der Waals surface area (Å²) in [6.07, 6.45) is 3.13. The number of rotatable bonds is 6. The summed E-state index contributed by atoms with van der Waals surface area (Å²) < 4.78 is 0. The summed E-state index contributed by atoms with van der Waals surface area (Å²) in [6, 6.07) is 13.0. The molecule has 0 aliphatic rings. The van der Waals surface area contributed by atoms with Crippen LogP contribution in [0.15, 0.2) is 51.7 Å². The van der Waals surface area contributed by atoms with Crippen molar-refractivity contribution in [2.45, 2.75) is 17.9 Å². The Labute approximate surface area is 164 Å². The van der Waals surface area contributed by atoms with Crippen molar-refractivity contribution in [2.24, 2.45) is 4.99 Å². The van der Waals surface area contributed by atoms with E-state index >= 15 is 0 Å². The van der Waals surface area contributed by atoms with Crippen LogP contribution in [0.5, 0.6) is 0 Å². The number of benzene rings is 1. The highest BCUT2D eigenvalue weighted by Gasteiger charge is 2.06. The largest absolute Gasteiger partial charge is 0.356 e. The van der Waals surface area contributed by atoms with Gasteiger partial charge in [-0.05, 0) is 41.8 Å². The molecule has 2 aromatic rings. The second-order valence-electron chi connectivity index (χ2n) is 5.01. The van der Waals surface area contributed by atoms with E-state index in [0.29, 0.717) is 0 Å². The maximum Gasteiger partial charge on any atom is 0.193 e. The van der Waals surface area contributed by atoms with Gasteiger partial charge in [0.25, 0.3) is 0 Å². The van der Waals surface area contributed by atoms with Gasteiger partial charge in [0.05, 0.1) is 0 Å². The summed E-state index contributed by atoms with van der Waals surface area (Å²) >= 11 is 3.57. The molecule has 0 unspecified atom stereocenters. The Morgan fingerprint density at radius 3 is 2.57 bits per heavy atom. The molecule has 0 aliphatic carbocycles. The molecule has 3 nitrogen and oxygen atoms in total. The van der Waals surface area contributed by atoms with E-state index in [-0.39, 0.29) is 24.0 Å². The molecule has 0 radical (unpaired) electrons. The molecule has 0 bridgehead atoms. The van der Waals surface area contributed by atoms with Crippen LogP contribution < -0.4 is 5.32 Å². The zero-order chi connectivity index (χ0) is 15.8. The maximum absolute atomic E-state index is 4.37. The summed E-state index contributed by atoms with van der Waals surface area (Å²) in [5.74, 6) is 0.936. The van der Waals surface area contributed by atoms with Gasteiger partial charge in [-0.2, -0.15) is 0 Å². The third-order valence-electron chi connectivity index (χ3n) is 3.39. The lowest BCUT2D eigenvalue weighted by Gasteiger charge is -2.22. The summed E-state index contributed by atoms with van der Waals surface area (Å²) in [5, 5.41) is 5.55. The van der Waals surface area contributed by atoms with E-state index in [0.717, 1.165) is 25.5 Å². The first-order chi connectivity index (χ1) is 10.7. The van der Waals surface area contributed by atoms with Crippen molar-refractivity contribution < 1.29 is 0 Å². The van der Waals surface area contributed by atoms with E-state index in [9.17, 15) is 0 Å². The zero-order valence-corrected chi connectivity index (χ0v) is 17.7. The highest BCUT2D eigenvalue weighted by Crippen LogP contribution is 2.15. The van der Waals surface area contributed by atoms with Gasteiger partial charge in [-0.1, -0.05) is 18.2 Å². The third-order valence-corrected chi connectivity index (χ3v) is 5.07. The molecule has 0 aliphatic heterocycles. The average molecular weight is 461 g/mol. The van der Waals surface area contributed by atoms with E-state index in [2.05, 4.69) is 70.3 Å². The molecule has 0 atom stereocenters. The van der Waals surface area contributed by atoms with E-state index in [1.54, 1.807) is 23.1 Å². The van der Waals surface area contributed by atoms with E-state index in [1.807, 2.05) is 7.05 Å². The molecule has 126 valence electrons. The van der Waals surface area contributed by atoms with Crippen molar-refractivity contribution in [1.82, 2.24) is 10.2 Å². The van der Waals surface area contributed by atoms with Crippen LogP contribution in [-0.2, 0) is 13.0 Å². The van der Waals surface area contributed by atoms with E-state index in [1.165, 1.54) is 15.3 Å². The molecular formula is C17H24IN3S2. The summed E-state index contributed by atoms with van der Waals surface area (Å²) in [7, 11) is 3.91. The fourth-order valence-corrected chi connectivity index (χ4v) is 3.33. The molecule has 0 saturated heterocycles. The van der Waals surface area contributed by atoms with Gasteiger partial charge in [-0.15, -0.1) is 47.1 Å². The van der Waals surface area contributed by atoms with E-state index in [4.69, 9.17) is 0 Å². The number of nitrogens with one attached hydrogen (secondary N) is 1. The van der Waals surface area contributed by atoms with Crippen molar-refractivity contribution in [3.05, 3.63) is 52.2 Å². The first-order valence-electron chi connectivity index (χ1n) is 7.30. The maximum atomic E-state index is 4.37. The predicted molar refractivity (Wildman–Crippen MR) is 114 cm³/mol. The molecule has 6 heteroatoms. The molecule has 2 rings (SSSR count). The second-order valence-corrected chi connectivity index (χ2v) is 6.92. The number of aliphatic imine (C=N–C) groups is 1. The molecular weight excluding hydrogens is 437 g/mol. The van der Waals surface area contributed by atoms with E-state index < -0.39 is 0 Å². The van der Waals surface area contributed by atoms with Gasteiger partial charge in [-0.25, -0.2) is 0 Å². The lowest BCUT2D eigenvalue weighted by atomic mass is 10.2. The quantitative estimate of drug-likeness (QED) is 0.300. The van der Waals surface area contributed by atoms with Crippen LogP contribution in [0.2, 0.25) is 0 Å². The van der Waals surface area contributed by atoms with Crippen LogP contribution in [0.3, 0.4) is 0 Å². The second kappa shape index (κ2) is 10.9. The Bertz CT molecular complexity index is 582. The number of thioether (sulfide) groups is 1. The fourth-order valence-electron chi connectivity index (χ4n) is 2.22. The summed E-state index contributed by atoms with van der Waals surface area (Å²) in [6.45, 7) is 1.76. The van der Waals surface area contributed by atoms with Crippen molar-refractivity contribution in [2.75, 3.05) is 26.9 Å². The standard InChI is InChI=1S/C17H23N3S2.HI/c1-18-17(19-11-10-16-5-4-12-22-16)20(2)13-14-6-8-15(21-3)9-7-14;/h4-9,12H,10-11,13H2,1-3H3,(H,18,19);1H. The first kappa shape index (κ1) is 20.3. The van der Waals surface area contributed by atoms with Gasteiger partial charge in [0.15, 0.2) is 5.96 Å². The number of guanidine groups is 1. The highest BCUT2D eigenvalue weighted by atomic mass is 127. The van der Waals surface area contributed by atoms with Gasteiger partial charge < -0.3 is 10.2 Å². The van der Waals surface area contributed by atoms with Crippen LogP contribution >= 0.6 is 47.1 Å². The van der Waals surface area contributed by atoms with Crippen LogP contribution in [0.1, 0.15) is 10.4 Å². The smallest absolute Gasteiger partial charge is 0.193 e. The molecule has 0 fully saturated rings. The van der Waals surface area contributed by atoms with Crippen molar-refractivity contribution in [3.63, 3.8) is 0 Å². The Hall–Kier alpha value is -0.730. The van der Waals surface area contributed by atoms with Gasteiger partial charge in [0.1, 0.15) is 0 Å². The predicted octanol–water partition coefficient (Wildman–Crippen LogP) is 4.34. The lowest BCUT2D eigenvalue weighted by molar-refractivity contribution is 0.477. The Balaban J connectivity index is 0.00000264. The minimum atomic E-state index is 0. The Morgan fingerprint density at radius 1 is 1.26 bits per heavy atom. The fraction of sp³-hybridized carbons (Fsp3) is 0.353. The van der Waals surface area contributed by atoms with Crippen LogP contribution in [-0.4, -0.2) is 37.8 Å². The Morgan fingerprint density at radius 2 is 2.00 bits per heavy atom. The first-order valence-corrected chi connectivity index (χ1v) is 9.40. The van der Waals surface area contributed by atoms with Crippen LogP contribution in [0.25, 0.3) is 0 Å². The van der Waals surface area contributed by atoms with Crippen molar-refractivity contribution in [1.29, 1.82) is 0 Å². The highest BCUT2D eigenvalue weighted by molar-refractivity contribution is 14.0. The zero-order valence-electron chi connectivity index (χ0n) is 13.8. The number of thiophene rings is 1. The topological polar surface area (TPSA) is 27.6 Å². The third kappa shape index (κ3) is 6.73. The van der Waals surface area contributed by atoms with Crippen molar-refractivity contribution in [3.8, 4) is 0 Å². The monoisotopic (exact) mass is 461 g/mol. The molecule has 1 N–H and O–H groups in total. The SMILES string of the molecule is CN=C(NCCc1cccs1)N(C)Cc1ccc(SC)cc1.I. The molecule has 1 heterocycles. The molecule has 23 heavy (non-hydrogen) atoms.